The number of hydrogen-bond donors (Lipinski definition) is 1. The Bertz CT molecular complexity index is 1230. The normalized spacial score (nSPS) is 11.1. The molecule has 0 spiro atoms. The van der Waals surface area contributed by atoms with Crippen molar-refractivity contribution >= 4 is 56.5 Å². The lowest BCUT2D eigenvalue weighted by molar-refractivity contribution is -0.116. The average Bonchev–Trinajstić information content (AvgIpc) is 3.34. The third kappa shape index (κ3) is 4.19. The van der Waals surface area contributed by atoms with Gasteiger partial charge in [0.25, 0.3) is 5.56 Å². The number of carbonyl (C=O) groups excluding carboxylic acids is 1. The van der Waals surface area contributed by atoms with Crippen LogP contribution in [0.3, 0.4) is 0 Å². The van der Waals surface area contributed by atoms with E-state index < -0.39 is 0 Å². The maximum absolute atomic E-state index is 12.4. The van der Waals surface area contributed by atoms with E-state index in [2.05, 4.69) is 15.4 Å². The van der Waals surface area contributed by atoms with Gasteiger partial charge in [0.1, 0.15) is 10.6 Å². The lowest BCUT2D eigenvalue weighted by Gasteiger charge is -2.11. The van der Waals surface area contributed by atoms with E-state index in [1.54, 1.807) is 41.2 Å². The third-order valence-electron chi connectivity index (χ3n) is 4.38. The van der Waals surface area contributed by atoms with Crippen molar-refractivity contribution < 1.29 is 4.79 Å². The zero-order valence-corrected chi connectivity index (χ0v) is 17.3. The number of anilines is 1. The van der Waals surface area contributed by atoms with Gasteiger partial charge in [-0.2, -0.15) is 5.10 Å². The van der Waals surface area contributed by atoms with Gasteiger partial charge in [-0.25, -0.2) is 9.67 Å². The number of nitrogens with zero attached hydrogens (tertiary/aromatic N) is 4. The van der Waals surface area contributed by atoms with Crippen LogP contribution in [0.15, 0.2) is 53.0 Å². The van der Waals surface area contributed by atoms with Gasteiger partial charge in [0.05, 0.1) is 24.5 Å². The minimum atomic E-state index is -0.241. The van der Waals surface area contributed by atoms with Crippen molar-refractivity contribution in [2.24, 2.45) is 0 Å². The Morgan fingerprint density at radius 2 is 1.97 bits per heavy atom. The van der Waals surface area contributed by atoms with Gasteiger partial charge < -0.3 is 5.32 Å². The van der Waals surface area contributed by atoms with Crippen molar-refractivity contribution in [3.63, 3.8) is 0 Å². The molecule has 0 unspecified atom stereocenters. The van der Waals surface area contributed by atoms with Gasteiger partial charge in [0, 0.05) is 34.6 Å². The van der Waals surface area contributed by atoms with Gasteiger partial charge >= 0.3 is 0 Å². The number of amides is 1. The first-order valence-corrected chi connectivity index (χ1v) is 10.3. The number of thiophene rings is 1. The quantitative estimate of drug-likeness (QED) is 0.483. The molecule has 1 amide bonds. The summed E-state index contributed by atoms with van der Waals surface area (Å²) in [5, 5.41) is 10.5. The smallest absolute Gasteiger partial charge is 0.262 e. The first-order chi connectivity index (χ1) is 14.0. The highest BCUT2D eigenvalue weighted by molar-refractivity contribution is 7.16. The Morgan fingerprint density at radius 1 is 1.17 bits per heavy atom. The van der Waals surface area contributed by atoms with Crippen LogP contribution in [0.25, 0.3) is 10.2 Å². The van der Waals surface area contributed by atoms with Crippen molar-refractivity contribution in [3.05, 3.63) is 74.2 Å². The van der Waals surface area contributed by atoms with Gasteiger partial charge in [0.15, 0.2) is 0 Å². The lowest BCUT2D eigenvalue weighted by atomic mass is 10.2. The molecule has 0 aliphatic rings. The SMILES string of the molecule is O=C(CCn1cnc2sccc2c1=O)Nc1ccnn1Cc1c(Cl)cccc1Cl. The van der Waals surface area contributed by atoms with Gasteiger partial charge in [-0.3, -0.25) is 14.2 Å². The number of halogens is 2. The maximum atomic E-state index is 12.4. The number of aromatic nitrogens is 4. The molecule has 7 nitrogen and oxygen atoms in total. The van der Waals surface area contributed by atoms with Crippen LogP contribution < -0.4 is 10.9 Å². The molecule has 3 aromatic heterocycles. The molecular formula is C19H15Cl2N5O2S. The third-order valence-corrected chi connectivity index (χ3v) is 5.91. The molecular weight excluding hydrogens is 433 g/mol. The molecule has 3 heterocycles. The average molecular weight is 448 g/mol. The van der Waals surface area contributed by atoms with Gasteiger partial charge in [-0.15, -0.1) is 11.3 Å². The number of fused-ring (bicyclic) bond motifs is 1. The molecule has 1 aromatic carbocycles. The first-order valence-electron chi connectivity index (χ1n) is 8.70. The molecule has 0 fully saturated rings. The largest absolute Gasteiger partial charge is 0.311 e. The van der Waals surface area contributed by atoms with Crippen LogP contribution in [0.4, 0.5) is 5.82 Å². The van der Waals surface area contributed by atoms with E-state index in [9.17, 15) is 9.59 Å². The molecule has 0 bridgehead atoms. The fourth-order valence-corrected chi connectivity index (χ4v) is 4.12. The summed E-state index contributed by atoms with van der Waals surface area (Å²) in [4.78, 5) is 29.7. The lowest BCUT2D eigenvalue weighted by Crippen LogP contribution is -2.24. The number of rotatable bonds is 6. The molecule has 4 aromatic rings. The second-order valence-electron chi connectivity index (χ2n) is 6.26. The summed E-state index contributed by atoms with van der Waals surface area (Å²) in [6, 6.07) is 8.70. The first kappa shape index (κ1) is 19.6. The van der Waals surface area contributed by atoms with Crippen molar-refractivity contribution in [1.29, 1.82) is 0 Å². The van der Waals surface area contributed by atoms with E-state index in [-0.39, 0.29) is 24.4 Å². The molecule has 0 radical (unpaired) electrons. The molecule has 4 rings (SSSR count). The van der Waals surface area contributed by atoms with E-state index in [0.29, 0.717) is 32.6 Å². The number of benzene rings is 1. The second kappa shape index (κ2) is 8.36. The fraction of sp³-hybridized carbons (Fsp3) is 0.158. The summed E-state index contributed by atoms with van der Waals surface area (Å²) in [7, 11) is 0. The molecule has 0 saturated carbocycles. The molecule has 0 atom stereocenters. The predicted octanol–water partition coefficient (Wildman–Crippen LogP) is 4.04. The van der Waals surface area contributed by atoms with E-state index in [4.69, 9.17) is 23.2 Å². The Hall–Kier alpha value is -2.68. The van der Waals surface area contributed by atoms with Crippen LogP contribution >= 0.6 is 34.5 Å². The van der Waals surface area contributed by atoms with Crippen molar-refractivity contribution in [3.8, 4) is 0 Å². The highest BCUT2D eigenvalue weighted by Gasteiger charge is 2.12. The summed E-state index contributed by atoms with van der Waals surface area (Å²) in [5.41, 5.74) is 0.569. The molecule has 29 heavy (non-hydrogen) atoms. The van der Waals surface area contributed by atoms with E-state index in [0.717, 1.165) is 5.56 Å². The predicted molar refractivity (Wildman–Crippen MR) is 115 cm³/mol. The van der Waals surface area contributed by atoms with Crippen LogP contribution in [0.1, 0.15) is 12.0 Å². The van der Waals surface area contributed by atoms with Crippen molar-refractivity contribution in [2.45, 2.75) is 19.5 Å². The second-order valence-corrected chi connectivity index (χ2v) is 7.96. The van der Waals surface area contributed by atoms with Crippen LogP contribution in [0.5, 0.6) is 0 Å². The number of hydrogen-bond acceptors (Lipinski definition) is 5. The Balaban J connectivity index is 1.43. The minimum Gasteiger partial charge on any atom is -0.311 e. The summed E-state index contributed by atoms with van der Waals surface area (Å²) in [6.07, 6.45) is 3.17. The summed E-state index contributed by atoms with van der Waals surface area (Å²) >= 11 is 13.8. The molecule has 10 heteroatoms. The zero-order valence-electron chi connectivity index (χ0n) is 15.0. The van der Waals surface area contributed by atoms with Crippen molar-refractivity contribution in [2.75, 3.05) is 5.32 Å². The van der Waals surface area contributed by atoms with Gasteiger partial charge in [0.2, 0.25) is 5.91 Å². The number of carbonyl (C=O) groups is 1. The van der Waals surface area contributed by atoms with Gasteiger partial charge in [-0.1, -0.05) is 29.3 Å². The van der Waals surface area contributed by atoms with E-state index >= 15 is 0 Å². The van der Waals surface area contributed by atoms with Crippen LogP contribution in [-0.2, 0) is 17.9 Å². The molecule has 1 N–H and O–H groups in total. The summed E-state index contributed by atoms with van der Waals surface area (Å²) < 4.78 is 3.05. The molecule has 148 valence electrons. The van der Waals surface area contributed by atoms with Crippen LogP contribution in [0.2, 0.25) is 10.0 Å². The topological polar surface area (TPSA) is 81.8 Å². The Morgan fingerprint density at radius 3 is 2.76 bits per heavy atom. The van der Waals surface area contributed by atoms with Crippen molar-refractivity contribution in [1.82, 2.24) is 19.3 Å². The molecule has 0 aliphatic carbocycles. The van der Waals surface area contributed by atoms with Crippen LogP contribution in [-0.4, -0.2) is 25.2 Å². The van der Waals surface area contributed by atoms with E-state index in [1.807, 2.05) is 5.38 Å². The van der Waals surface area contributed by atoms with Gasteiger partial charge in [-0.05, 0) is 23.6 Å². The Kier molecular flexibility index (Phi) is 5.66. The summed E-state index contributed by atoms with van der Waals surface area (Å²) in [6.45, 7) is 0.549. The molecule has 0 aliphatic heterocycles. The highest BCUT2D eigenvalue weighted by Crippen LogP contribution is 2.26. The molecule has 0 saturated heterocycles. The van der Waals surface area contributed by atoms with E-state index in [1.165, 1.54) is 22.2 Å². The minimum absolute atomic E-state index is 0.120. The standard InChI is InChI=1S/C19H15Cl2N5O2S/c20-14-2-1-3-15(21)13(14)10-26-16(4-7-23-26)24-17(27)5-8-25-11-22-18-12(19(25)28)6-9-29-18/h1-4,6-7,9,11H,5,8,10H2,(H,24,27). The number of nitrogens with one attached hydrogen (secondary N) is 1. The zero-order chi connectivity index (χ0) is 20.4. The maximum Gasteiger partial charge on any atom is 0.262 e. The highest BCUT2D eigenvalue weighted by atomic mass is 35.5. The fourth-order valence-electron chi connectivity index (χ4n) is 2.88. The monoisotopic (exact) mass is 447 g/mol. The summed E-state index contributed by atoms with van der Waals surface area (Å²) in [5.74, 6) is 0.277. The number of aryl methyl sites for hydroxylation is 1. The Labute approximate surface area is 179 Å². The van der Waals surface area contributed by atoms with Crippen LogP contribution in [0, 0.1) is 0 Å².